The van der Waals surface area contributed by atoms with Crippen LogP contribution < -0.4 is 15.4 Å². The van der Waals surface area contributed by atoms with Crippen LogP contribution in [0.3, 0.4) is 0 Å². The van der Waals surface area contributed by atoms with Gasteiger partial charge in [-0.1, -0.05) is 0 Å². The fourth-order valence-corrected chi connectivity index (χ4v) is 2.50. The van der Waals surface area contributed by atoms with Crippen molar-refractivity contribution in [2.45, 2.75) is 25.5 Å². The number of rotatable bonds is 6. The van der Waals surface area contributed by atoms with Gasteiger partial charge in [0.2, 0.25) is 0 Å². The summed E-state index contributed by atoms with van der Waals surface area (Å²) in [6, 6.07) is 9.41. The fraction of sp³-hybridized carbons (Fsp3) is 0.353. The molecule has 1 saturated heterocycles. The summed E-state index contributed by atoms with van der Waals surface area (Å²) in [5.74, 6) is 0.804. The molecule has 2 heterocycles. The van der Waals surface area contributed by atoms with E-state index in [-0.39, 0.29) is 36.5 Å². The van der Waals surface area contributed by atoms with Crippen LogP contribution in [0.1, 0.15) is 29.2 Å². The van der Waals surface area contributed by atoms with Gasteiger partial charge < -0.3 is 19.8 Å². The Labute approximate surface area is 146 Å². The van der Waals surface area contributed by atoms with Crippen molar-refractivity contribution in [1.29, 1.82) is 0 Å². The van der Waals surface area contributed by atoms with E-state index < -0.39 is 0 Å². The van der Waals surface area contributed by atoms with Gasteiger partial charge in [-0.15, -0.1) is 12.4 Å². The second kappa shape index (κ2) is 8.70. The summed E-state index contributed by atoms with van der Waals surface area (Å²) >= 11 is 0. The van der Waals surface area contributed by atoms with Crippen LogP contribution in [0.5, 0.6) is 5.75 Å². The van der Waals surface area contributed by atoms with Crippen molar-refractivity contribution in [3.8, 4) is 5.75 Å². The maximum absolute atomic E-state index is 12.8. The summed E-state index contributed by atoms with van der Waals surface area (Å²) in [6.07, 6.45) is 2.22. The molecule has 7 heteroatoms. The molecule has 1 atom stereocenters. The van der Waals surface area contributed by atoms with Gasteiger partial charge in [0.25, 0.3) is 5.91 Å². The molecule has 1 amide bonds. The minimum atomic E-state index is -0.314. The molecule has 130 valence electrons. The quantitative estimate of drug-likeness (QED) is 0.837. The maximum atomic E-state index is 12.8. The lowest BCUT2D eigenvalue weighted by atomic mass is 10.2. The second-order valence-corrected chi connectivity index (χ2v) is 5.51. The smallest absolute Gasteiger partial charge is 0.287 e. The topological polar surface area (TPSA) is 63.5 Å². The number of carbonyl (C=O) groups excluding carboxylic acids is 1. The fourth-order valence-electron chi connectivity index (χ4n) is 2.50. The Hall–Kier alpha value is -2.05. The van der Waals surface area contributed by atoms with Gasteiger partial charge in [-0.05, 0) is 55.8 Å². The van der Waals surface area contributed by atoms with Crippen molar-refractivity contribution in [2.24, 2.45) is 0 Å². The Morgan fingerprint density at radius 3 is 2.79 bits per heavy atom. The second-order valence-electron chi connectivity index (χ2n) is 5.51. The van der Waals surface area contributed by atoms with Crippen LogP contribution in [-0.4, -0.2) is 25.0 Å². The highest BCUT2D eigenvalue weighted by molar-refractivity contribution is 5.91. The van der Waals surface area contributed by atoms with Crippen LogP contribution in [-0.2, 0) is 6.61 Å². The predicted molar refractivity (Wildman–Crippen MR) is 90.0 cm³/mol. The number of halogens is 2. The van der Waals surface area contributed by atoms with Crippen LogP contribution >= 0.6 is 12.4 Å². The minimum absolute atomic E-state index is 0. The zero-order chi connectivity index (χ0) is 16.1. The summed E-state index contributed by atoms with van der Waals surface area (Å²) in [5.41, 5.74) is 0. The van der Waals surface area contributed by atoms with Crippen molar-refractivity contribution < 1.29 is 18.3 Å². The molecule has 1 fully saturated rings. The molecule has 1 aromatic heterocycles. The molecule has 0 radical (unpaired) electrons. The van der Waals surface area contributed by atoms with Gasteiger partial charge in [-0.2, -0.15) is 0 Å². The van der Waals surface area contributed by atoms with Crippen LogP contribution in [0.4, 0.5) is 4.39 Å². The van der Waals surface area contributed by atoms with Crippen LogP contribution in [0, 0.1) is 5.82 Å². The number of benzene rings is 1. The molecule has 1 aliphatic heterocycles. The number of amides is 1. The average molecular weight is 355 g/mol. The number of nitrogens with one attached hydrogen (secondary N) is 2. The first-order valence-corrected chi connectivity index (χ1v) is 7.69. The molecule has 2 aromatic rings. The van der Waals surface area contributed by atoms with E-state index in [1.54, 1.807) is 24.3 Å². The minimum Gasteiger partial charge on any atom is -0.486 e. The summed E-state index contributed by atoms with van der Waals surface area (Å²) in [7, 11) is 0. The molecular formula is C17H20ClFN2O3. The maximum Gasteiger partial charge on any atom is 0.287 e. The first-order chi connectivity index (χ1) is 11.2. The summed E-state index contributed by atoms with van der Waals surface area (Å²) in [5, 5.41) is 6.18. The van der Waals surface area contributed by atoms with Crippen LogP contribution in [0.25, 0.3) is 0 Å². The largest absolute Gasteiger partial charge is 0.486 e. The van der Waals surface area contributed by atoms with Gasteiger partial charge in [-0.3, -0.25) is 4.79 Å². The normalized spacial score (nSPS) is 16.5. The van der Waals surface area contributed by atoms with Gasteiger partial charge in [0, 0.05) is 12.6 Å². The van der Waals surface area contributed by atoms with E-state index in [2.05, 4.69) is 10.6 Å². The standard InChI is InChI=1S/C17H19FN2O3.ClH/c18-12-3-5-14(6-4-12)22-11-15-7-8-16(23-15)17(21)20-10-13-2-1-9-19-13;/h3-8,13,19H,1-2,9-11H2,(H,20,21);1H. The van der Waals surface area contributed by atoms with Gasteiger partial charge in [0.05, 0.1) is 0 Å². The molecule has 0 spiro atoms. The predicted octanol–water partition coefficient (Wildman–Crippen LogP) is 2.90. The highest BCUT2D eigenvalue weighted by Crippen LogP contribution is 2.15. The first-order valence-electron chi connectivity index (χ1n) is 7.69. The monoisotopic (exact) mass is 354 g/mol. The molecule has 1 aliphatic rings. The Kier molecular flexibility index (Phi) is 6.63. The molecule has 2 N–H and O–H groups in total. The molecule has 0 aliphatic carbocycles. The lowest BCUT2D eigenvalue weighted by Gasteiger charge is -2.10. The van der Waals surface area contributed by atoms with Gasteiger partial charge in [-0.25, -0.2) is 4.39 Å². The molecule has 0 bridgehead atoms. The van der Waals surface area contributed by atoms with E-state index in [4.69, 9.17) is 9.15 Å². The van der Waals surface area contributed by atoms with Crippen molar-refractivity contribution >= 4 is 18.3 Å². The SMILES string of the molecule is Cl.O=C(NCC1CCCN1)c1ccc(COc2ccc(F)cc2)o1. The highest BCUT2D eigenvalue weighted by atomic mass is 35.5. The number of ether oxygens (including phenoxy) is 1. The van der Waals surface area contributed by atoms with E-state index in [0.29, 0.717) is 24.1 Å². The molecule has 1 unspecified atom stereocenters. The number of furan rings is 1. The van der Waals surface area contributed by atoms with Gasteiger partial charge in [0.1, 0.15) is 23.9 Å². The number of hydrogen-bond acceptors (Lipinski definition) is 4. The molecule has 3 rings (SSSR count). The van der Waals surface area contributed by atoms with Gasteiger partial charge in [0.15, 0.2) is 5.76 Å². The molecular weight excluding hydrogens is 335 g/mol. The Morgan fingerprint density at radius 2 is 2.08 bits per heavy atom. The van der Waals surface area contributed by atoms with Crippen molar-refractivity contribution in [2.75, 3.05) is 13.1 Å². The number of carbonyl (C=O) groups is 1. The zero-order valence-electron chi connectivity index (χ0n) is 13.1. The van der Waals surface area contributed by atoms with Crippen LogP contribution in [0.15, 0.2) is 40.8 Å². The Bertz CT molecular complexity index is 654. The summed E-state index contributed by atoms with van der Waals surface area (Å²) in [6.45, 7) is 1.79. The summed E-state index contributed by atoms with van der Waals surface area (Å²) in [4.78, 5) is 12.0. The van der Waals surface area contributed by atoms with E-state index in [0.717, 1.165) is 19.4 Å². The van der Waals surface area contributed by atoms with Gasteiger partial charge >= 0.3 is 0 Å². The van der Waals surface area contributed by atoms with E-state index in [9.17, 15) is 9.18 Å². The first kappa shape index (κ1) is 18.3. The Morgan fingerprint density at radius 1 is 1.29 bits per heavy atom. The van der Waals surface area contributed by atoms with E-state index >= 15 is 0 Å². The van der Waals surface area contributed by atoms with Crippen LogP contribution in [0.2, 0.25) is 0 Å². The third kappa shape index (κ3) is 4.97. The van der Waals surface area contributed by atoms with E-state index in [1.807, 2.05) is 0 Å². The third-order valence-electron chi connectivity index (χ3n) is 3.75. The lowest BCUT2D eigenvalue weighted by Crippen LogP contribution is -2.37. The highest BCUT2D eigenvalue weighted by Gasteiger charge is 2.17. The van der Waals surface area contributed by atoms with Crippen molar-refractivity contribution in [3.05, 3.63) is 53.7 Å². The van der Waals surface area contributed by atoms with Crippen molar-refractivity contribution in [1.82, 2.24) is 10.6 Å². The third-order valence-corrected chi connectivity index (χ3v) is 3.75. The average Bonchev–Trinajstić information content (AvgIpc) is 3.24. The van der Waals surface area contributed by atoms with Crippen molar-refractivity contribution in [3.63, 3.8) is 0 Å². The molecule has 1 aromatic carbocycles. The zero-order valence-corrected chi connectivity index (χ0v) is 13.9. The number of hydrogen-bond donors (Lipinski definition) is 2. The molecule has 5 nitrogen and oxygen atoms in total. The molecule has 24 heavy (non-hydrogen) atoms. The lowest BCUT2D eigenvalue weighted by molar-refractivity contribution is 0.0918. The Balaban J connectivity index is 0.00000208. The summed E-state index contributed by atoms with van der Waals surface area (Å²) < 4.78 is 23.8. The van der Waals surface area contributed by atoms with E-state index in [1.165, 1.54) is 12.1 Å². The molecule has 0 saturated carbocycles.